The first-order valence-corrected chi connectivity index (χ1v) is 10.6. The highest BCUT2D eigenvalue weighted by atomic mass is 19.1. The van der Waals surface area contributed by atoms with E-state index in [2.05, 4.69) is 25.2 Å². The van der Waals surface area contributed by atoms with E-state index in [0.29, 0.717) is 25.5 Å². The second kappa shape index (κ2) is 9.07. The molecule has 1 aliphatic heterocycles. The number of rotatable bonds is 6. The molecule has 33 heavy (non-hydrogen) atoms. The van der Waals surface area contributed by atoms with Gasteiger partial charge < -0.3 is 10.4 Å². The predicted molar refractivity (Wildman–Crippen MR) is 118 cm³/mol. The van der Waals surface area contributed by atoms with Crippen LogP contribution in [0.5, 0.6) is 5.75 Å². The number of halogens is 1. The number of benzene rings is 1. The van der Waals surface area contributed by atoms with Crippen molar-refractivity contribution in [3.63, 3.8) is 0 Å². The average molecular weight is 452 g/mol. The van der Waals surface area contributed by atoms with E-state index in [0.717, 1.165) is 11.3 Å². The summed E-state index contributed by atoms with van der Waals surface area (Å²) in [6.45, 7) is 5.52. The lowest BCUT2D eigenvalue weighted by atomic mass is 9.97. The summed E-state index contributed by atoms with van der Waals surface area (Å²) in [6.07, 6.45) is 4.68. The largest absolute Gasteiger partial charge is 0.502 e. The molecule has 172 valence electrons. The minimum absolute atomic E-state index is 0.0253. The number of hydrogen-bond donors (Lipinski definition) is 2. The lowest BCUT2D eigenvalue weighted by Gasteiger charge is -2.43. The van der Waals surface area contributed by atoms with Crippen LogP contribution < -0.4 is 10.9 Å². The molecule has 0 aliphatic carbocycles. The summed E-state index contributed by atoms with van der Waals surface area (Å²) in [5.41, 5.74) is 0.335. The SMILES string of the molecule is CC1(C)c2nc(CC(=O)NCc3ccc(F)cc3)c(O)c(=O)n2CCN1Cc1cnccn1. The molecule has 1 amide bonds. The molecule has 4 rings (SSSR count). The topological polar surface area (TPSA) is 113 Å². The highest BCUT2D eigenvalue weighted by Gasteiger charge is 2.38. The molecule has 0 bridgehead atoms. The van der Waals surface area contributed by atoms with Gasteiger partial charge in [0.2, 0.25) is 11.7 Å². The number of aromatic hydroxyl groups is 1. The Morgan fingerprint density at radius 2 is 1.97 bits per heavy atom. The molecular weight excluding hydrogens is 427 g/mol. The fourth-order valence-electron chi connectivity index (χ4n) is 3.93. The number of carbonyl (C=O) groups is 1. The Labute approximate surface area is 190 Å². The summed E-state index contributed by atoms with van der Waals surface area (Å²) in [6, 6.07) is 5.78. The van der Waals surface area contributed by atoms with Crippen molar-refractivity contribution >= 4 is 5.91 Å². The Morgan fingerprint density at radius 3 is 2.67 bits per heavy atom. The van der Waals surface area contributed by atoms with Gasteiger partial charge in [0.05, 0.1) is 23.3 Å². The monoisotopic (exact) mass is 452 g/mol. The molecule has 0 unspecified atom stereocenters. The maximum Gasteiger partial charge on any atom is 0.296 e. The van der Waals surface area contributed by atoms with E-state index in [4.69, 9.17) is 0 Å². The van der Waals surface area contributed by atoms with Crippen molar-refractivity contribution in [1.82, 2.24) is 29.7 Å². The van der Waals surface area contributed by atoms with Gasteiger partial charge in [-0.25, -0.2) is 9.37 Å². The summed E-state index contributed by atoms with van der Waals surface area (Å²) in [4.78, 5) is 40.4. The third-order valence-corrected chi connectivity index (χ3v) is 5.85. The predicted octanol–water partition coefficient (Wildman–Crippen LogP) is 1.49. The summed E-state index contributed by atoms with van der Waals surface area (Å²) in [5, 5.41) is 13.1. The van der Waals surface area contributed by atoms with Gasteiger partial charge in [0.15, 0.2) is 0 Å². The molecule has 1 aromatic carbocycles. The van der Waals surface area contributed by atoms with Gasteiger partial charge in [0.25, 0.3) is 5.56 Å². The molecule has 2 N–H and O–H groups in total. The molecule has 10 heteroatoms. The van der Waals surface area contributed by atoms with Gasteiger partial charge in [-0.15, -0.1) is 0 Å². The van der Waals surface area contributed by atoms with Gasteiger partial charge in [-0.1, -0.05) is 12.1 Å². The van der Waals surface area contributed by atoms with Gasteiger partial charge in [-0.2, -0.15) is 0 Å². The van der Waals surface area contributed by atoms with Gasteiger partial charge in [0.1, 0.15) is 11.6 Å². The smallest absolute Gasteiger partial charge is 0.296 e. The highest BCUT2D eigenvalue weighted by Crippen LogP contribution is 2.31. The maximum atomic E-state index is 13.0. The van der Waals surface area contributed by atoms with Crippen molar-refractivity contribution in [2.45, 2.75) is 45.4 Å². The molecular formula is C23H25FN6O3. The lowest BCUT2D eigenvalue weighted by molar-refractivity contribution is -0.120. The minimum Gasteiger partial charge on any atom is -0.502 e. The molecule has 0 fully saturated rings. The third-order valence-electron chi connectivity index (χ3n) is 5.85. The summed E-state index contributed by atoms with van der Waals surface area (Å²) in [5.74, 6) is -0.808. The first-order valence-electron chi connectivity index (χ1n) is 10.6. The van der Waals surface area contributed by atoms with E-state index >= 15 is 0 Å². The van der Waals surface area contributed by atoms with Crippen LogP contribution in [-0.4, -0.2) is 42.0 Å². The van der Waals surface area contributed by atoms with E-state index in [1.165, 1.54) is 16.7 Å². The van der Waals surface area contributed by atoms with E-state index in [1.54, 1.807) is 30.7 Å². The van der Waals surface area contributed by atoms with Gasteiger partial charge >= 0.3 is 0 Å². The molecule has 9 nitrogen and oxygen atoms in total. The number of amides is 1. The molecule has 0 spiro atoms. The maximum absolute atomic E-state index is 13.0. The zero-order valence-electron chi connectivity index (χ0n) is 18.5. The second-order valence-corrected chi connectivity index (χ2v) is 8.44. The van der Waals surface area contributed by atoms with E-state index < -0.39 is 22.8 Å². The Morgan fingerprint density at radius 1 is 1.21 bits per heavy atom. The highest BCUT2D eigenvalue weighted by molar-refractivity contribution is 5.78. The molecule has 0 saturated carbocycles. The quantitative estimate of drug-likeness (QED) is 0.583. The average Bonchev–Trinajstić information content (AvgIpc) is 2.80. The van der Waals surface area contributed by atoms with Crippen LogP contribution in [0.3, 0.4) is 0 Å². The molecule has 0 atom stereocenters. The fourth-order valence-corrected chi connectivity index (χ4v) is 3.93. The van der Waals surface area contributed by atoms with Crippen LogP contribution in [0.4, 0.5) is 4.39 Å². The van der Waals surface area contributed by atoms with Crippen LogP contribution in [0.15, 0.2) is 47.7 Å². The number of hydrogen-bond acceptors (Lipinski definition) is 7. The Hall–Kier alpha value is -3.66. The van der Waals surface area contributed by atoms with Crippen molar-refractivity contribution in [3.8, 4) is 5.75 Å². The zero-order chi connectivity index (χ0) is 23.6. The first kappa shape index (κ1) is 22.5. The van der Waals surface area contributed by atoms with Crippen LogP contribution >= 0.6 is 0 Å². The van der Waals surface area contributed by atoms with E-state index in [-0.39, 0.29) is 24.5 Å². The summed E-state index contributed by atoms with van der Waals surface area (Å²) >= 11 is 0. The summed E-state index contributed by atoms with van der Waals surface area (Å²) in [7, 11) is 0. The zero-order valence-corrected chi connectivity index (χ0v) is 18.5. The molecule has 0 radical (unpaired) electrons. The van der Waals surface area contributed by atoms with Gasteiger partial charge in [0, 0.05) is 44.8 Å². The Balaban J connectivity index is 1.54. The van der Waals surface area contributed by atoms with Crippen LogP contribution in [0.25, 0.3) is 0 Å². The third kappa shape index (κ3) is 4.75. The Kier molecular flexibility index (Phi) is 6.19. The van der Waals surface area contributed by atoms with Gasteiger partial charge in [-0.05, 0) is 31.5 Å². The second-order valence-electron chi connectivity index (χ2n) is 8.44. The standard InChI is InChI=1S/C23H25FN6O3/c1-23(2)22-28-18(11-19(31)27-12-15-3-5-16(24)6-4-15)20(32)21(33)30(22)10-9-29(23)14-17-13-25-7-8-26-17/h3-8,13,32H,9-12,14H2,1-2H3,(H,27,31). The fraction of sp³-hybridized carbons (Fsp3) is 0.348. The van der Waals surface area contributed by atoms with E-state index in [1.807, 2.05) is 13.8 Å². The number of fused-ring (bicyclic) bond motifs is 1. The van der Waals surface area contributed by atoms with Crippen molar-refractivity contribution in [1.29, 1.82) is 0 Å². The number of nitrogens with zero attached hydrogens (tertiary/aromatic N) is 5. The molecule has 3 heterocycles. The van der Waals surface area contributed by atoms with Crippen molar-refractivity contribution in [2.75, 3.05) is 6.54 Å². The normalized spacial score (nSPS) is 15.1. The van der Waals surface area contributed by atoms with Crippen LogP contribution in [-0.2, 0) is 36.4 Å². The lowest BCUT2D eigenvalue weighted by Crippen LogP contribution is -2.52. The first-order chi connectivity index (χ1) is 15.8. The minimum atomic E-state index is -0.651. The van der Waals surface area contributed by atoms with Crippen molar-refractivity contribution < 1.29 is 14.3 Å². The van der Waals surface area contributed by atoms with Crippen LogP contribution in [0, 0.1) is 5.82 Å². The number of nitrogens with one attached hydrogen (secondary N) is 1. The Bertz CT molecular complexity index is 1210. The van der Waals surface area contributed by atoms with Crippen LogP contribution in [0.2, 0.25) is 0 Å². The molecule has 2 aromatic heterocycles. The van der Waals surface area contributed by atoms with Crippen molar-refractivity contribution in [2.24, 2.45) is 0 Å². The van der Waals surface area contributed by atoms with Gasteiger partial charge in [-0.3, -0.25) is 29.0 Å². The molecule has 1 aliphatic rings. The number of aromatic nitrogens is 4. The van der Waals surface area contributed by atoms with Crippen molar-refractivity contribution in [3.05, 3.63) is 81.8 Å². The van der Waals surface area contributed by atoms with Crippen LogP contribution in [0.1, 0.15) is 36.6 Å². The van der Waals surface area contributed by atoms with E-state index in [9.17, 15) is 19.1 Å². The number of carbonyl (C=O) groups excluding carboxylic acids is 1. The molecule has 0 saturated heterocycles. The molecule has 3 aromatic rings. The summed E-state index contributed by atoms with van der Waals surface area (Å²) < 4.78 is 14.5.